The molecule has 7 heteroatoms. The second-order valence-electron chi connectivity index (χ2n) is 2.84. The van der Waals surface area contributed by atoms with E-state index in [-0.39, 0.29) is 16.3 Å². The number of aliphatic carboxylic acids is 1. The molecule has 0 aromatic carbocycles. The van der Waals surface area contributed by atoms with Crippen LogP contribution in [0, 0.1) is 11.3 Å². The number of aromatic nitrogens is 1. The summed E-state index contributed by atoms with van der Waals surface area (Å²) < 4.78 is 25.0. The van der Waals surface area contributed by atoms with Crippen LogP contribution in [0.25, 0.3) is 0 Å². The number of hydrogen-bond donors (Lipinski definition) is 1. The average Bonchev–Trinajstić information content (AvgIpc) is 2.19. The van der Waals surface area contributed by atoms with Gasteiger partial charge in [-0.15, -0.1) is 0 Å². The lowest BCUT2D eigenvalue weighted by molar-refractivity contribution is -0.136. The number of hydrogen-bond acceptors (Lipinski definition) is 3. The van der Waals surface area contributed by atoms with Crippen molar-refractivity contribution < 1.29 is 18.7 Å². The number of nitrogens with zero attached hydrogens (tertiary/aromatic N) is 2. The van der Waals surface area contributed by atoms with Crippen molar-refractivity contribution >= 4 is 17.6 Å². The largest absolute Gasteiger partial charge is 0.481 e. The SMILES string of the molecule is N#Cc1ncc(C(F)F)c(CC(=O)O)c1Cl. The maximum atomic E-state index is 12.5. The third-order valence-corrected chi connectivity index (χ3v) is 2.23. The van der Waals surface area contributed by atoms with E-state index in [1.165, 1.54) is 0 Å². The lowest BCUT2D eigenvalue weighted by Gasteiger charge is -2.09. The molecule has 1 heterocycles. The monoisotopic (exact) mass is 246 g/mol. The Balaban J connectivity index is 3.37. The minimum absolute atomic E-state index is 0.262. The van der Waals surface area contributed by atoms with Crippen molar-refractivity contribution in [2.75, 3.05) is 0 Å². The predicted octanol–water partition coefficient (Wildman–Crippen LogP) is 2.17. The summed E-state index contributed by atoms with van der Waals surface area (Å²) in [6.45, 7) is 0. The lowest BCUT2D eigenvalue weighted by Crippen LogP contribution is -2.07. The quantitative estimate of drug-likeness (QED) is 0.887. The minimum Gasteiger partial charge on any atom is -0.481 e. The van der Waals surface area contributed by atoms with Crippen molar-refractivity contribution in [2.45, 2.75) is 12.8 Å². The molecule has 0 saturated carbocycles. The van der Waals surface area contributed by atoms with E-state index in [0.29, 0.717) is 0 Å². The highest BCUT2D eigenvalue weighted by atomic mass is 35.5. The molecule has 0 radical (unpaired) electrons. The molecule has 0 aliphatic heterocycles. The van der Waals surface area contributed by atoms with Crippen LogP contribution >= 0.6 is 11.6 Å². The van der Waals surface area contributed by atoms with Gasteiger partial charge in [0.1, 0.15) is 6.07 Å². The fourth-order valence-electron chi connectivity index (χ4n) is 1.14. The second-order valence-corrected chi connectivity index (χ2v) is 3.22. The predicted molar refractivity (Wildman–Crippen MR) is 50.3 cm³/mol. The number of carboxylic acids is 1. The molecule has 0 saturated heterocycles. The van der Waals surface area contributed by atoms with E-state index >= 15 is 0 Å². The van der Waals surface area contributed by atoms with Gasteiger partial charge in [0.25, 0.3) is 6.43 Å². The van der Waals surface area contributed by atoms with Crippen LogP contribution < -0.4 is 0 Å². The Morgan fingerprint density at radius 1 is 1.69 bits per heavy atom. The summed E-state index contributed by atoms with van der Waals surface area (Å²) in [5.74, 6) is -1.31. The zero-order valence-corrected chi connectivity index (χ0v) is 8.50. The average molecular weight is 247 g/mol. The summed E-state index contributed by atoms with van der Waals surface area (Å²) in [6.07, 6.45) is -2.78. The van der Waals surface area contributed by atoms with Gasteiger partial charge < -0.3 is 5.11 Å². The van der Waals surface area contributed by atoms with Crippen LogP contribution in [-0.2, 0) is 11.2 Å². The van der Waals surface area contributed by atoms with Crippen LogP contribution in [0.1, 0.15) is 23.2 Å². The molecule has 0 amide bonds. The molecular weight excluding hydrogens is 242 g/mol. The molecule has 1 rings (SSSR count). The summed E-state index contributed by atoms with van der Waals surface area (Å²) in [7, 11) is 0. The Bertz CT molecular complexity index is 471. The van der Waals surface area contributed by atoms with E-state index in [1.807, 2.05) is 0 Å². The molecule has 84 valence electrons. The molecule has 0 spiro atoms. The first-order valence-corrected chi connectivity index (χ1v) is 4.42. The second kappa shape index (κ2) is 4.86. The molecule has 1 aromatic rings. The Morgan fingerprint density at radius 2 is 2.31 bits per heavy atom. The highest BCUT2D eigenvalue weighted by molar-refractivity contribution is 6.32. The number of pyridine rings is 1. The number of halogens is 3. The third-order valence-electron chi connectivity index (χ3n) is 1.82. The molecule has 1 aromatic heterocycles. The zero-order valence-electron chi connectivity index (χ0n) is 7.75. The Morgan fingerprint density at radius 3 is 2.75 bits per heavy atom. The van der Waals surface area contributed by atoms with Crippen molar-refractivity contribution in [3.8, 4) is 6.07 Å². The van der Waals surface area contributed by atoms with Gasteiger partial charge in [0, 0.05) is 11.8 Å². The zero-order chi connectivity index (χ0) is 12.3. The summed E-state index contributed by atoms with van der Waals surface area (Å²) >= 11 is 5.62. The van der Waals surface area contributed by atoms with Crippen molar-refractivity contribution in [3.05, 3.63) is 28.0 Å². The van der Waals surface area contributed by atoms with Crippen LogP contribution in [0.4, 0.5) is 8.78 Å². The number of carbonyl (C=O) groups is 1. The van der Waals surface area contributed by atoms with Crippen LogP contribution in [0.15, 0.2) is 6.20 Å². The maximum absolute atomic E-state index is 12.5. The van der Waals surface area contributed by atoms with Crippen LogP contribution in [0.2, 0.25) is 5.02 Å². The van der Waals surface area contributed by atoms with E-state index in [0.717, 1.165) is 6.20 Å². The summed E-state index contributed by atoms with van der Waals surface area (Å²) in [4.78, 5) is 13.9. The van der Waals surface area contributed by atoms with Gasteiger partial charge in [0.2, 0.25) is 0 Å². The molecule has 0 atom stereocenters. The van der Waals surface area contributed by atoms with Crippen molar-refractivity contribution in [3.63, 3.8) is 0 Å². The first-order chi connectivity index (χ1) is 7.47. The van der Waals surface area contributed by atoms with Gasteiger partial charge in [-0.05, 0) is 5.56 Å². The third kappa shape index (κ3) is 2.44. The summed E-state index contributed by atoms with van der Waals surface area (Å²) in [6, 6.07) is 1.59. The van der Waals surface area contributed by atoms with Gasteiger partial charge in [-0.2, -0.15) is 5.26 Å². The van der Waals surface area contributed by atoms with Gasteiger partial charge >= 0.3 is 5.97 Å². The van der Waals surface area contributed by atoms with Crippen LogP contribution in [-0.4, -0.2) is 16.1 Å². The van der Waals surface area contributed by atoms with E-state index in [2.05, 4.69) is 4.98 Å². The number of rotatable bonds is 3. The summed E-state index contributed by atoms with van der Waals surface area (Å²) in [5, 5.41) is 16.8. The summed E-state index contributed by atoms with van der Waals surface area (Å²) in [5.41, 5.74) is -1.09. The fraction of sp³-hybridized carbons (Fsp3) is 0.222. The van der Waals surface area contributed by atoms with Crippen molar-refractivity contribution in [2.24, 2.45) is 0 Å². The van der Waals surface area contributed by atoms with E-state index in [1.54, 1.807) is 6.07 Å². The maximum Gasteiger partial charge on any atom is 0.307 e. The fourth-order valence-corrected chi connectivity index (χ4v) is 1.40. The molecule has 0 aliphatic rings. The molecular formula is C9H5ClF2N2O2. The van der Waals surface area contributed by atoms with E-state index < -0.39 is 24.4 Å². The molecule has 16 heavy (non-hydrogen) atoms. The number of nitriles is 1. The first kappa shape index (κ1) is 12.3. The van der Waals surface area contributed by atoms with E-state index in [4.69, 9.17) is 22.0 Å². The number of alkyl halides is 2. The van der Waals surface area contributed by atoms with E-state index in [9.17, 15) is 13.6 Å². The van der Waals surface area contributed by atoms with Gasteiger partial charge in [-0.1, -0.05) is 11.6 Å². The van der Waals surface area contributed by atoms with Crippen molar-refractivity contribution in [1.29, 1.82) is 5.26 Å². The van der Waals surface area contributed by atoms with Gasteiger partial charge in [0.15, 0.2) is 5.69 Å². The van der Waals surface area contributed by atoms with Crippen LogP contribution in [0.3, 0.4) is 0 Å². The normalized spacial score (nSPS) is 10.2. The van der Waals surface area contributed by atoms with Crippen LogP contribution in [0.5, 0.6) is 0 Å². The first-order valence-electron chi connectivity index (χ1n) is 4.04. The standard InChI is InChI=1S/C9H5ClF2N2O2/c10-8-4(1-7(15)16)5(9(11)12)3-14-6(8)2-13/h3,9H,1H2,(H,15,16). The smallest absolute Gasteiger partial charge is 0.307 e. The van der Waals surface area contributed by atoms with Gasteiger partial charge in [-0.25, -0.2) is 13.8 Å². The Labute approximate surface area is 94.1 Å². The topological polar surface area (TPSA) is 74.0 Å². The van der Waals surface area contributed by atoms with Gasteiger partial charge in [-0.3, -0.25) is 4.79 Å². The molecule has 0 bridgehead atoms. The Hall–Kier alpha value is -1.74. The molecule has 0 unspecified atom stereocenters. The van der Waals surface area contributed by atoms with Crippen molar-refractivity contribution in [1.82, 2.24) is 4.98 Å². The molecule has 0 fully saturated rings. The molecule has 0 aliphatic carbocycles. The highest BCUT2D eigenvalue weighted by Crippen LogP contribution is 2.29. The molecule has 4 nitrogen and oxygen atoms in total. The minimum atomic E-state index is -2.88. The highest BCUT2D eigenvalue weighted by Gasteiger charge is 2.21. The van der Waals surface area contributed by atoms with Gasteiger partial charge in [0.05, 0.1) is 11.4 Å². The Kier molecular flexibility index (Phi) is 3.74. The number of carboxylic acid groups (broad SMARTS) is 1. The molecule has 1 N–H and O–H groups in total. The lowest BCUT2D eigenvalue weighted by atomic mass is 10.1.